The molecule has 3 nitrogen and oxygen atoms in total. The Balaban J connectivity index is 2.51. The van der Waals surface area contributed by atoms with Crippen molar-refractivity contribution in [2.75, 3.05) is 7.11 Å². The van der Waals surface area contributed by atoms with Crippen molar-refractivity contribution in [3.63, 3.8) is 0 Å². The van der Waals surface area contributed by atoms with Crippen LogP contribution in [0.3, 0.4) is 0 Å². The van der Waals surface area contributed by atoms with Crippen molar-refractivity contribution in [2.24, 2.45) is 0 Å². The maximum Gasteiger partial charge on any atom is 0.197 e. The van der Waals surface area contributed by atoms with E-state index in [1.54, 1.807) is 13.3 Å². The van der Waals surface area contributed by atoms with Crippen molar-refractivity contribution >= 4 is 15.9 Å². The minimum atomic E-state index is 0.477. The van der Waals surface area contributed by atoms with Gasteiger partial charge in [0.1, 0.15) is 5.75 Å². The first-order valence-electron chi connectivity index (χ1n) is 5.78. The van der Waals surface area contributed by atoms with Gasteiger partial charge in [-0.15, -0.1) is 0 Å². The largest absolute Gasteiger partial charge is 0.496 e. The molecule has 0 aliphatic heterocycles. The number of ether oxygens (including phenoxy) is 1. The quantitative estimate of drug-likeness (QED) is 0.803. The molecular weight excluding hydrogens is 292 g/mol. The van der Waals surface area contributed by atoms with Gasteiger partial charge >= 0.3 is 0 Å². The van der Waals surface area contributed by atoms with Crippen LogP contribution in [0.25, 0.3) is 11.3 Å². The second-order valence-corrected chi connectivity index (χ2v) is 5.03. The predicted molar refractivity (Wildman–Crippen MR) is 75.8 cm³/mol. The van der Waals surface area contributed by atoms with Crippen LogP contribution in [0.5, 0.6) is 5.75 Å². The van der Waals surface area contributed by atoms with Crippen molar-refractivity contribution in [3.05, 3.63) is 40.8 Å². The molecule has 94 valence electrons. The van der Waals surface area contributed by atoms with Crippen LogP contribution in [-0.4, -0.2) is 17.1 Å². The summed E-state index contributed by atoms with van der Waals surface area (Å²) >= 11 is 3.28. The third-order valence-electron chi connectivity index (χ3n) is 2.79. The molecule has 2 aromatic rings. The highest BCUT2D eigenvalue weighted by atomic mass is 79.9. The minimum absolute atomic E-state index is 0.477. The number of methoxy groups -OCH3 is 1. The molecule has 2 rings (SSSR count). The summed E-state index contributed by atoms with van der Waals surface area (Å²) in [5, 5.41) is 0. The summed E-state index contributed by atoms with van der Waals surface area (Å²) in [4.78, 5) is 8.38. The minimum Gasteiger partial charge on any atom is -0.496 e. The van der Waals surface area contributed by atoms with Gasteiger partial charge in [0.25, 0.3) is 0 Å². The Morgan fingerprint density at radius 3 is 2.61 bits per heavy atom. The third kappa shape index (κ3) is 2.70. The number of hydrogen-bond donors (Lipinski definition) is 0. The molecule has 0 aliphatic carbocycles. The lowest BCUT2D eigenvalue weighted by Crippen LogP contribution is -1.94. The first-order valence-corrected chi connectivity index (χ1v) is 6.58. The van der Waals surface area contributed by atoms with Gasteiger partial charge in [0, 0.05) is 11.8 Å². The van der Waals surface area contributed by atoms with E-state index in [9.17, 15) is 0 Å². The molecule has 1 heterocycles. The molecule has 0 atom stereocenters. The van der Waals surface area contributed by atoms with Crippen LogP contribution in [0.2, 0.25) is 0 Å². The zero-order valence-corrected chi connectivity index (χ0v) is 12.2. The van der Waals surface area contributed by atoms with Gasteiger partial charge in [-0.1, -0.05) is 19.9 Å². The molecule has 0 amide bonds. The monoisotopic (exact) mass is 306 g/mol. The molecule has 0 radical (unpaired) electrons. The molecule has 4 heteroatoms. The van der Waals surface area contributed by atoms with E-state index in [1.165, 1.54) is 5.56 Å². The zero-order chi connectivity index (χ0) is 13.1. The normalized spacial score (nSPS) is 10.7. The van der Waals surface area contributed by atoms with Gasteiger partial charge in [-0.25, -0.2) is 9.97 Å². The molecule has 1 aromatic heterocycles. The first kappa shape index (κ1) is 13.0. The Kier molecular flexibility index (Phi) is 3.97. The van der Waals surface area contributed by atoms with Gasteiger partial charge in [-0.05, 0) is 45.6 Å². The van der Waals surface area contributed by atoms with E-state index in [4.69, 9.17) is 4.74 Å². The topological polar surface area (TPSA) is 35.0 Å². The van der Waals surface area contributed by atoms with Crippen molar-refractivity contribution in [1.82, 2.24) is 9.97 Å². The van der Waals surface area contributed by atoms with Crippen molar-refractivity contribution in [3.8, 4) is 17.0 Å². The summed E-state index contributed by atoms with van der Waals surface area (Å²) in [6.45, 7) is 4.32. The van der Waals surface area contributed by atoms with E-state index in [0.29, 0.717) is 10.7 Å². The summed E-state index contributed by atoms with van der Waals surface area (Å²) in [6.07, 6.45) is 1.72. The third-order valence-corrected chi connectivity index (χ3v) is 3.18. The number of aromatic nitrogens is 2. The van der Waals surface area contributed by atoms with E-state index in [0.717, 1.165) is 17.0 Å². The van der Waals surface area contributed by atoms with Gasteiger partial charge < -0.3 is 4.74 Å². The summed E-state index contributed by atoms with van der Waals surface area (Å²) < 4.78 is 6.03. The number of nitrogens with zero attached hydrogens (tertiary/aromatic N) is 2. The highest BCUT2D eigenvalue weighted by Crippen LogP contribution is 2.31. The fraction of sp³-hybridized carbons (Fsp3) is 0.286. The smallest absolute Gasteiger partial charge is 0.197 e. The average Bonchev–Trinajstić information content (AvgIpc) is 2.37. The zero-order valence-electron chi connectivity index (χ0n) is 10.6. The second kappa shape index (κ2) is 5.48. The summed E-state index contributed by atoms with van der Waals surface area (Å²) in [6, 6.07) is 8.09. The van der Waals surface area contributed by atoms with Crippen LogP contribution in [0.4, 0.5) is 0 Å². The van der Waals surface area contributed by atoms with E-state index in [1.807, 2.05) is 12.1 Å². The highest BCUT2D eigenvalue weighted by Gasteiger charge is 2.10. The maximum atomic E-state index is 5.45. The van der Waals surface area contributed by atoms with Crippen LogP contribution in [0.1, 0.15) is 25.3 Å². The fourth-order valence-electron chi connectivity index (χ4n) is 1.76. The SMILES string of the molecule is COc1cc(C(C)C)ccc1-c1ccnc(Br)n1. The Labute approximate surface area is 115 Å². The van der Waals surface area contributed by atoms with Gasteiger partial charge in [-0.2, -0.15) is 0 Å². The molecule has 0 unspecified atom stereocenters. The molecule has 0 fully saturated rings. The first-order chi connectivity index (χ1) is 8.61. The average molecular weight is 307 g/mol. The molecule has 0 N–H and O–H groups in total. The van der Waals surface area contributed by atoms with Gasteiger partial charge in [-0.3, -0.25) is 0 Å². The lowest BCUT2D eigenvalue weighted by atomic mass is 10.00. The fourth-order valence-corrected chi connectivity index (χ4v) is 2.07. The number of hydrogen-bond acceptors (Lipinski definition) is 3. The molecule has 0 saturated heterocycles. The van der Waals surface area contributed by atoms with E-state index in [-0.39, 0.29) is 0 Å². The lowest BCUT2D eigenvalue weighted by Gasteiger charge is -2.12. The Morgan fingerprint density at radius 1 is 1.22 bits per heavy atom. The Hall–Kier alpha value is -1.42. The molecule has 0 bridgehead atoms. The van der Waals surface area contributed by atoms with Crippen molar-refractivity contribution in [1.29, 1.82) is 0 Å². The molecule has 1 aromatic carbocycles. The predicted octanol–water partition coefficient (Wildman–Crippen LogP) is 4.04. The Morgan fingerprint density at radius 2 is 2.00 bits per heavy atom. The number of rotatable bonds is 3. The number of halogens is 1. The summed E-state index contributed by atoms with van der Waals surface area (Å²) in [5.74, 6) is 1.32. The van der Waals surface area contributed by atoms with Crippen molar-refractivity contribution in [2.45, 2.75) is 19.8 Å². The second-order valence-electron chi connectivity index (χ2n) is 4.33. The lowest BCUT2D eigenvalue weighted by molar-refractivity contribution is 0.415. The molecule has 18 heavy (non-hydrogen) atoms. The summed E-state index contributed by atoms with van der Waals surface area (Å²) in [7, 11) is 1.68. The van der Waals surface area contributed by atoms with Crippen LogP contribution in [-0.2, 0) is 0 Å². The molecular formula is C14H15BrN2O. The standard InChI is InChI=1S/C14H15BrN2O/c1-9(2)10-4-5-11(13(8-10)18-3)12-6-7-16-14(15)17-12/h4-9H,1-3H3. The van der Waals surface area contributed by atoms with Gasteiger partial charge in [0.2, 0.25) is 0 Å². The molecule has 0 aliphatic rings. The van der Waals surface area contributed by atoms with Crippen LogP contribution in [0.15, 0.2) is 35.2 Å². The van der Waals surface area contributed by atoms with Gasteiger partial charge in [0.15, 0.2) is 4.73 Å². The van der Waals surface area contributed by atoms with E-state index >= 15 is 0 Å². The van der Waals surface area contributed by atoms with Crippen LogP contribution >= 0.6 is 15.9 Å². The Bertz CT molecular complexity index is 555. The van der Waals surface area contributed by atoms with Gasteiger partial charge in [0.05, 0.1) is 12.8 Å². The van der Waals surface area contributed by atoms with Crippen molar-refractivity contribution < 1.29 is 4.74 Å². The molecule has 0 saturated carbocycles. The van der Waals surface area contributed by atoms with Crippen LogP contribution in [0, 0.1) is 0 Å². The van der Waals surface area contributed by atoms with Crippen LogP contribution < -0.4 is 4.74 Å². The van der Waals surface area contributed by atoms with E-state index < -0.39 is 0 Å². The van der Waals surface area contributed by atoms with E-state index in [2.05, 4.69) is 51.9 Å². The highest BCUT2D eigenvalue weighted by molar-refractivity contribution is 9.10. The summed E-state index contributed by atoms with van der Waals surface area (Å²) in [5.41, 5.74) is 3.08. The maximum absolute atomic E-state index is 5.45. The molecule has 0 spiro atoms. The number of benzene rings is 1.